The number of rotatable bonds is 6. The lowest BCUT2D eigenvalue weighted by atomic mass is 9.89. The zero-order valence-corrected chi connectivity index (χ0v) is 14.8. The minimum absolute atomic E-state index is 0.384. The maximum Gasteiger partial charge on any atom is 0.0767 e. The van der Waals surface area contributed by atoms with Crippen LogP contribution in [0.15, 0.2) is 4.47 Å². The number of aryl methyl sites for hydroxylation is 2. The summed E-state index contributed by atoms with van der Waals surface area (Å²) in [6.45, 7) is 7.15. The van der Waals surface area contributed by atoms with Crippen molar-refractivity contribution in [3.8, 4) is 0 Å². The summed E-state index contributed by atoms with van der Waals surface area (Å²) in [7, 11) is 0. The van der Waals surface area contributed by atoms with Gasteiger partial charge in [-0.15, -0.1) is 11.6 Å². The van der Waals surface area contributed by atoms with Gasteiger partial charge in [-0.3, -0.25) is 4.68 Å². The van der Waals surface area contributed by atoms with Gasteiger partial charge in [-0.25, -0.2) is 0 Å². The first-order chi connectivity index (χ1) is 9.65. The topological polar surface area (TPSA) is 29.9 Å². The first kappa shape index (κ1) is 16.3. The third kappa shape index (κ3) is 3.99. The van der Waals surface area contributed by atoms with Crippen molar-refractivity contribution in [2.24, 2.45) is 5.92 Å². The van der Waals surface area contributed by atoms with Crippen LogP contribution in [0.5, 0.6) is 0 Å². The van der Waals surface area contributed by atoms with Crippen molar-refractivity contribution in [2.75, 3.05) is 6.54 Å². The van der Waals surface area contributed by atoms with Gasteiger partial charge >= 0.3 is 0 Å². The Bertz CT molecular complexity index is 433. The van der Waals surface area contributed by atoms with Gasteiger partial charge in [-0.2, -0.15) is 5.10 Å². The van der Waals surface area contributed by atoms with Crippen molar-refractivity contribution in [3.05, 3.63) is 15.9 Å². The van der Waals surface area contributed by atoms with Gasteiger partial charge in [0.25, 0.3) is 0 Å². The van der Waals surface area contributed by atoms with Crippen LogP contribution in [-0.2, 0) is 19.5 Å². The monoisotopic (exact) mass is 361 g/mol. The Hall–Kier alpha value is -0.0600. The lowest BCUT2D eigenvalue weighted by molar-refractivity contribution is 0.344. The second kappa shape index (κ2) is 7.81. The Balaban J connectivity index is 1.88. The standard InChI is InChI=1S/C15H25BrClN3/c1-3-13-15(16)14(20(4-2)19-13)10-18-9-11-6-5-7-12(17)8-11/h11-12,18H,3-10H2,1-2H3. The van der Waals surface area contributed by atoms with Crippen LogP contribution in [-0.4, -0.2) is 21.7 Å². The summed E-state index contributed by atoms with van der Waals surface area (Å²) in [6.07, 6.45) is 5.90. The Morgan fingerprint density at radius 2 is 2.20 bits per heavy atom. The fourth-order valence-corrected chi connectivity index (χ4v) is 4.10. The predicted molar refractivity (Wildman–Crippen MR) is 88.3 cm³/mol. The van der Waals surface area contributed by atoms with E-state index in [1.807, 2.05) is 0 Å². The number of hydrogen-bond acceptors (Lipinski definition) is 2. The molecular weight excluding hydrogens is 338 g/mol. The summed E-state index contributed by atoms with van der Waals surface area (Å²) in [5.41, 5.74) is 2.42. The van der Waals surface area contributed by atoms with E-state index in [2.05, 4.69) is 44.9 Å². The van der Waals surface area contributed by atoms with Crippen molar-refractivity contribution >= 4 is 27.5 Å². The summed E-state index contributed by atoms with van der Waals surface area (Å²) >= 11 is 9.95. The van der Waals surface area contributed by atoms with Gasteiger partial charge in [-0.05, 0) is 61.0 Å². The van der Waals surface area contributed by atoms with Crippen LogP contribution in [0.2, 0.25) is 0 Å². The van der Waals surface area contributed by atoms with Crippen LogP contribution in [0.3, 0.4) is 0 Å². The van der Waals surface area contributed by atoms with Crippen molar-refractivity contribution in [3.63, 3.8) is 0 Å². The zero-order valence-electron chi connectivity index (χ0n) is 12.5. The number of nitrogens with zero attached hydrogens (tertiary/aromatic N) is 2. The summed E-state index contributed by atoms with van der Waals surface area (Å²) < 4.78 is 3.27. The summed E-state index contributed by atoms with van der Waals surface area (Å²) in [6, 6.07) is 0. The molecule has 0 amide bonds. The Morgan fingerprint density at radius 3 is 2.85 bits per heavy atom. The van der Waals surface area contributed by atoms with Crippen molar-refractivity contribution in [1.29, 1.82) is 0 Å². The lowest BCUT2D eigenvalue weighted by Crippen LogP contribution is -2.28. The van der Waals surface area contributed by atoms with Gasteiger partial charge in [0.05, 0.1) is 15.9 Å². The molecule has 0 bridgehead atoms. The fourth-order valence-electron chi connectivity index (χ4n) is 2.99. The Kier molecular flexibility index (Phi) is 6.37. The second-order valence-electron chi connectivity index (χ2n) is 5.64. The second-order valence-corrected chi connectivity index (χ2v) is 7.05. The normalized spacial score (nSPS) is 23.2. The zero-order chi connectivity index (χ0) is 14.5. The third-order valence-corrected chi connectivity index (χ3v) is 5.45. The molecule has 1 aliphatic carbocycles. The molecule has 0 radical (unpaired) electrons. The maximum atomic E-state index is 6.25. The first-order valence-corrected chi connectivity index (χ1v) is 8.97. The maximum absolute atomic E-state index is 6.25. The van der Waals surface area contributed by atoms with Crippen molar-refractivity contribution in [1.82, 2.24) is 15.1 Å². The highest BCUT2D eigenvalue weighted by molar-refractivity contribution is 9.10. The average Bonchev–Trinajstić information content (AvgIpc) is 2.75. The van der Waals surface area contributed by atoms with Crippen LogP contribution in [0.25, 0.3) is 0 Å². The van der Waals surface area contributed by atoms with Crippen molar-refractivity contribution < 1.29 is 0 Å². The van der Waals surface area contributed by atoms with E-state index in [0.29, 0.717) is 5.38 Å². The highest BCUT2D eigenvalue weighted by atomic mass is 79.9. The quantitative estimate of drug-likeness (QED) is 0.772. The van der Waals surface area contributed by atoms with E-state index in [1.54, 1.807) is 0 Å². The van der Waals surface area contributed by atoms with Gasteiger partial charge in [0.2, 0.25) is 0 Å². The molecule has 2 unspecified atom stereocenters. The summed E-state index contributed by atoms with van der Waals surface area (Å²) in [5.74, 6) is 0.730. The first-order valence-electron chi connectivity index (χ1n) is 7.74. The summed E-state index contributed by atoms with van der Waals surface area (Å²) in [5, 5.41) is 8.61. The van der Waals surface area contributed by atoms with E-state index in [-0.39, 0.29) is 0 Å². The molecule has 1 aromatic heterocycles. The van der Waals surface area contributed by atoms with E-state index in [0.717, 1.165) is 44.1 Å². The number of nitrogens with one attached hydrogen (secondary N) is 1. The summed E-state index contributed by atoms with van der Waals surface area (Å²) in [4.78, 5) is 0. The molecule has 0 saturated heterocycles. The molecule has 0 spiro atoms. The minimum atomic E-state index is 0.384. The Labute approximate surface area is 135 Å². The molecule has 2 rings (SSSR count). The highest BCUT2D eigenvalue weighted by Crippen LogP contribution is 2.27. The number of halogens is 2. The van der Waals surface area contributed by atoms with Crippen LogP contribution in [0.4, 0.5) is 0 Å². The average molecular weight is 363 g/mol. The SMILES string of the molecule is CCc1nn(CC)c(CNCC2CCCC(Cl)C2)c1Br. The molecule has 5 heteroatoms. The number of hydrogen-bond donors (Lipinski definition) is 1. The van der Waals surface area contributed by atoms with Gasteiger partial charge < -0.3 is 5.32 Å². The van der Waals surface area contributed by atoms with Gasteiger partial charge in [0, 0.05) is 18.5 Å². The fraction of sp³-hybridized carbons (Fsp3) is 0.800. The number of aromatic nitrogens is 2. The molecule has 0 aliphatic heterocycles. The highest BCUT2D eigenvalue weighted by Gasteiger charge is 2.20. The largest absolute Gasteiger partial charge is 0.311 e. The molecule has 2 atom stereocenters. The molecular formula is C15H25BrClN3. The molecule has 1 aromatic rings. The molecule has 114 valence electrons. The van der Waals surface area contributed by atoms with Gasteiger partial charge in [-0.1, -0.05) is 13.3 Å². The Morgan fingerprint density at radius 1 is 1.40 bits per heavy atom. The minimum Gasteiger partial charge on any atom is -0.311 e. The predicted octanol–water partition coefficient (Wildman–Crippen LogP) is 4.12. The molecule has 1 aliphatic rings. The van der Waals surface area contributed by atoms with Gasteiger partial charge in [0.15, 0.2) is 0 Å². The van der Waals surface area contributed by atoms with E-state index < -0.39 is 0 Å². The third-order valence-electron chi connectivity index (χ3n) is 4.14. The number of alkyl halides is 1. The molecule has 3 nitrogen and oxygen atoms in total. The van der Waals surface area contributed by atoms with E-state index in [4.69, 9.17) is 11.6 Å². The van der Waals surface area contributed by atoms with Crippen LogP contribution in [0.1, 0.15) is 50.9 Å². The van der Waals surface area contributed by atoms with E-state index in [9.17, 15) is 0 Å². The molecule has 1 fully saturated rings. The smallest absolute Gasteiger partial charge is 0.0767 e. The molecule has 1 heterocycles. The van der Waals surface area contributed by atoms with Crippen LogP contribution >= 0.6 is 27.5 Å². The van der Waals surface area contributed by atoms with E-state index in [1.165, 1.54) is 29.4 Å². The molecule has 20 heavy (non-hydrogen) atoms. The molecule has 0 aromatic carbocycles. The molecule has 1 N–H and O–H groups in total. The van der Waals surface area contributed by atoms with E-state index >= 15 is 0 Å². The van der Waals surface area contributed by atoms with Crippen LogP contribution in [0, 0.1) is 5.92 Å². The lowest BCUT2D eigenvalue weighted by Gasteiger charge is -2.25. The van der Waals surface area contributed by atoms with Crippen LogP contribution < -0.4 is 5.32 Å². The van der Waals surface area contributed by atoms with Gasteiger partial charge in [0.1, 0.15) is 0 Å². The molecule has 1 saturated carbocycles. The van der Waals surface area contributed by atoms with Crippen molar-refractivity contribution in [2.45, 2.75) is 64.4 Å².